The van der Waals surface area contributed by atoms with Gasteiger partial charge in [-0.25, -0.2) is 0 Å². The van der Waals surface area contributed by atoms with E-state index in [1.54, 1.807) is 0 Å². The Balaban J connectivity index is 2.50. The molecule has 1 aromatic rings. The van der Waals surface area contributed by atoms with Crippen molar-refractivity contribution in [2.45, 2.75) is 93.9 Å². The van der Waals surface area contributed by atoms with Crippen LogP contribution in [-0.4, -0.2) is 25.7 Å². The Bertz CT molecular complexity index is 805. The van der Waals surface area contributed by atoms with Gasteiger partial charge in [-0.3, -0.25) is 25.0 Å². The van der Waals surface area contributed by atoms with Crippen LogP contribution in [0.4, 0.5) is 17.1 Å². The SMILES string of the molecule is CCCCCCCCCCCCCC(=O)N[C@H](Nc1ccc([N+](=O)[O-])cc1[N+](=O)[O-])C(Cl)(Cl)Cl. The third-order valence-corrected chi connectivity index (χ3v) is 5.98. The van der Waals surface area contributed by atoms with Crippen LogP contribution in [0.5, 0.6) is 0 Å². The number of nitrogens with one attached hydrogen (secondary N) is 2. The summed E-state index contributed by atoms with van der Waals surface area (Å²) in [6.07, 6.45) is 11.6. The number of nitrogens with zero attached hydrogens (tertiary/aromatic N) is 2. The van der Waals surface area contributed by atoms with Crippen molar-refractivity contribution >= 4 is 57.8 Å². The van der Waals surface area contributed by atoms with E-state index in [0.29, 0.717) is 6.42 Å². The molecule has 1 aromatic carbocycles. The van der Waals surface area contributed by atoms with Gasteiger partial charge in [-0.1, -0.05) is 106 Å². The fraction of sp³-hybridized carbons (Fsp3) is 0.682. The Labute approximate surface area is 215 Å². The van der Waals surface area contributed by atoms with Crippen molar-refractivity contribution in [1.82, 2.24) is 5.32 Å². The minimum Gasteiger partial charge on any atom is -0.356 e. The molecule has 0 saturated heterocycles. The molecule has 0 fully saturated rings. The third-order valence-electron chi connectivity index (χ3n) is 5.33. The summed E-state index contributed by atoms with van der Waals surface area (Å²) >= 11 is 17.9. The standard InChI is InChI=1S/C22H33Cl3N4O5/c1-2-3-4-5-6-7-8-9-10-11-12-13-20(30)27-21(22(23,24)25)26-18-15-14-17(28(31)32)16-19(18)29(33)34/h14-16,21,26H,2-13H2,1H3,(H,27,30)/t21-/m0/s1. The maximum atomic E-state index is 12.4. The van der Waals surface area contributed by atoms with E-state index >= 15 is 0 Å². The average Bonchev–Trinajstić information content (AvgIpc) is 2.76. The van der Waals surface area contributed by atoms with E-state index in [1.165, 1.54) is 44.9 Å². The summed E-state index contributed by atoms with van der Waals surface area (Å²) in [6.45, 7) is 2.21. The van der Waals surface area contributed by atoms with Gasteiger partial charge in [-0.15, -0.1) is 0 Å². The van der Waals surface area contributed by atoms with Crippen LogP contribution in [0.3, 0.4) is 0 Å². The van der Waals surface area contributed by atoms with Gasteiger partial charge in [-0.2, -0.15) is 0 Å². The van der Waals surface area contributed by atoms with Crippen LogP contribution in [0.25, 0.3) is 0 Å². The number of hydrogen-bond acceptors (Lipinski definition) is 6. The van der Waals surface area contributed by atoms with E-state index in [4.69, 9.17) is 34.8 Å². The van der Waals surface area contributed by atoms with E-state index in [-0.39, 0.29) is 18.0 Å². The van der Waals surface area contributed by atoms with Gasteiger partial charge in [0.15, 0.2) is 0 Å². The predicted octanol–water partition coefficient (Wildman–Crippen LogP) is 7.43. The summed E-state index contributed by atoms with van der Waals surface area (Å²) < 4.78 is -2.03. The average molecular weight is 540 g/mol. The van der Waals surface area contributed by atoms with Crippen molar-refractivity contribution in [1.29, 1.82) is 0 Å². The van der Waals surface area contributed by atoms with Crippen LogP contribution >= 0.6 is 34.8 Å². The minimum atomic E-state index is -2.03. The molecule has 1 rings (SSSR count). The fourth-order valence-corrected chi connectivity index (χ4v) is 3.77. The number of unbranched alkanes of at least 4 members (excludes halogenated alkanes) is 10. The molecule has 1 atom stereocenters. The molecule has 0 bridgehead atoms. The van der Waals surface area contributed by atoms with E-state index < -0.39 is 31.2 Å². The molecule has 192 valence electrons. The number of amides is 1. The predicted molar refractivity (Wildman–Crippen MR) is 137 cm³/mol. The van der Waals surface area contributed by atoms with Gasteiger partial charge in [0.25, 0.3) is 11.4 Å². The number of benzene rings is 1. The van der Waals surface area contributed by atoms with Crippen molar-refractivity contribution in [3.63, 3.8) is 0 Å². The van der Waals surface area contributed by atoms with Gasteiger partial charge >= 0.3 is 0 Å². The molecule has 0 heterocycles. The first kappa shape index (κ1) is 30.2. The fourth-order valence-electron chi connectivity index (χ4n) is 3.44. The van der Waals surface area contributed by atoms with Crippen molar-refractivity contribution in [3.05, 3.63) is 38.4 Å². The zero-order valence-electron chi connectivity index (χ0n) is 19.4. The lowest BCUT2D eigenvalue weighted by atomic mass is 10.1. The number of anilines is 1. The number of alkyl halides is 3. The molecule has 0 aliphatic heterocycles. The lowest BCUT2D eigenvalue weighted by molar-refractivity contribution is -0.393. The Kier molecular flexibility index (Phi) is 14.2. The molecule has 0 unspecified atom stereocenters. The lowest BCUT2D eigenvalue weighted by Crippen LogP contribution is -2.49. The zero-order chi connectivity index (χ0) is 25.6. The lowest BCUT2D eigenvalue weighted by Gasteiger charge is -2.27. The van der Waals surface area contributed by atoms with E-state index in [0.717, 1.165) is 37.5 Å². The van der Waals surface area contributed by atoms with Crippen LogP contribution in [0, 0.1) is 20.2 Å². The highest BCUT2D eigenvalue weighted by Crippen LogP contribution is 2.35. The minimum absolute atomic E-state index is 0.123. The molecule has 0 radical (unpaired) electrons. The molecule has 0 aliphatic rings. The van der Waals surface area contributed by atoms with Gasteiger partial charge in [-0.05, 0) is 12.5 Å². The van der Waals surface area contributed by atoms with E-state index in [2.05, 4.69) is 17.6 Å². The van der Waals surface area contributed by atoms with Crippen LogP contribution in [0.15, 0.2) is 18.2 Å². The number of carbonyl (C=O) groups excluding carboxylic acids is 1. The summed E-state index contributed by atoms with van der Waals surface area (Å²) in [5, 5.41) is 27.4. The zero-order valence-corrected chi connectivity index (χ0v) is 21.6. The van der Waals surface area contributed by atoms with Gasteiger partial charge in [0, 0.05) is 12.5 Å². The summed E-state index contributed by atoms with van der Waals surface area (Å²) in [5.41, 5.74) is -1.15. The maximum absolute atomic E-state index is 12.4. The highest BCUT2D eigenvalue weighted by atomic mass is 35.6. The highest BCUT2D eigenvalue weighted by Gasteiger charge is 2.35. The smallest absolute Gasteiger partial charge is 0.299 e. The van der Waals surface area contributed by atoms with Crippen LogP contribution < -0.4 is 10.6 Å². The first-order valence-electron chi connectivity index (χ1n) is 11.6. The Morgan fingerprint density at radius 3 is 1.91 bits per heavy atom. The van der Waals surface area contributed by atoms with Crippen molar-refractivity contribution in [3.8, 4) is 0 Å². The molecule has 12 heteroatoms. The molecule has 0 saturated carbocycles. The third kappa shape index (κ3) is 12.0. The molecular formula is C22H33Cl3N4O5. The molecule has 0 aromatic heterocycles. The Hall–Kier alpha value is -1.84. The molecule has 1 amide bonds. The second kappa shape index (κ2) is 15.9. The number of nitro benzene ring substituents is 2. The number of hydrogen-bond donors (Lipinski definition) is 2. The van der Waals surface area contributed by atoms with Gasteiger partial charge in [0.1, 0.15) is 11.9 Å². The van der Waals surface area contributed by atoms with Gasteiger partial charge in [0.05, 0.1) is 15.9 Å². The van der Waals surface area contributed by atoms with Crippen molar-refractivity contribution in [2.24, 2.45) is 0 Å². The number of halogens is 3. The number of rotatable bonds is 17. The molecule has 34 heavy (non-hydrogen) atoms. The Morgan fingerprint density at radius 2 is 1.44 bits per heavy atom. The number of nitro groups is 2. The van der Waals surface area contributed by atoms with Crippen molar-refractivity contribution in [2.75, 3.05) is 5.32 Å². The highest BCUT2D eigenvalue weighted by molar-refractivity contribution is 6.68. The van der Waals surface area contributed by atoms with Crippen LogP contribution in [0.2, 0.25) is 0 Å². The van der Waals surface area contributed by atoms with E-state index in [9.17, 15) is 25.0 Å². The summed E-state index contributed by atoms with van der Waals surface area (Å²) in [4.78, 5) is 33.1. The summed E-state index contributed by atoms with van der Waals surface area (Å²) in [6, 6.07) is 3.01. The summed E-state index contributed by atoms with van der Waals surface area (Å²) in [7, 11) is 0. The molecule has 0 spiro atoms. The number of non-ortho nitro benzene ring substituents is 1. The molecule has 0 aliphatic carbocycles. The van der Waals surface area contributed by atoms with Gasteiger partial charge < -0.3 is 10.6 Å². The second-order valence-corrected chi connectivity index (χ2v) is 10.6. The van der Waals surface area contributed by atoms with Crippen LogP contribution in [-0.2, 0) is 4.79 Å². The molecule has 2 N–H and O–H groups in total. The summed E-state index contributed by atoms with van der Waals surface area (Å²) in [5.74, 6) is -0.371. The normalized spacial score (nSPS) is 12.2. The maximum Gasteiger partial charge on any atom is 0.299 e. The topological polar surface area (TPSA) is 127 Å². The molecule has 9 nitrogen and oxygen atoms in total. The van der Waals surface area contributed by atoms with E-state index in [1.807, 2.05) is 0 Å². The molecular weight excluding hydrogens is 507 g/mol. The quantitative estimate of drug-likeness (QED) is 0.0696. The first-order valence-corrected chi connectivity index (χ1v) is 12.7. The second-order valence-electron chi connectivity index (χ2n) is 8.19. The van der Waals surface area contributed by atoms with Crippen molar-refractivity contribution < 1.29 is 14.6 Å². The van der Waals surface area contributed by atoms with Gasteiger partial charge in [0.2, 0.25) is 9.70 Å². The monoisotopic (exact) mass is 538 g/mol. The largest absolute Gasteiger partial charge is 0.356 e. The van der Waals surface area contributed by atoms with Crippen LogP contribution in [0.1, 0.15) is 84.0 Å². The number of carbonyl (C=O) groups is 1. The first-order chi connectivity index (χ1) is 16.1. The Morgan fingerprint density at radius 1 is 0.912 bits per heavy atom.